The number of anilines is 1. The molecule has 3 heterocycles. The van der Waals surface area contributed by atoms with Crippen LogP contribution in [0.5, 0.6) is 0 Å². The number of nitrogens with two attached hydrogens (primary N) is 1. The van der Waals surface area contributed by atoms with Crippen molar-refractivity contribution in [3.8, 4) is 23.1 Å². The predicted molar refractivity (Wildman–Crippen MR) is 129 cm³/mol. The highest BCUT2D eigenvalue weighted by molar-refractivity contribution is 5.95. The Kier molecular flexibility index (Phi) is 6.85. The Morgan fingerprint density at radius 1 is 1.18 bits per heavy atom. The Labute approximate surface area is 198 Å². The van der Waals surface area contributed by atoms with Crippen molar-refractivity contribution in [3.63, 3.8) is 0 Å². The van der Waals surface area contributed by atoms with Crippen LogP contribution in [0.2, 0.25) is 0 Å². The first-order valence-corrected chi connectivity index (χ1v) is 11.2. The van der Waals surface area contributed by atoms with Crippen LogP contribution in [0.25, 0.3) is 11.3 Å². The predicted octanol–water partition coefficient (Wildman–Crippen LogP) is 3.00. The van der Waals surface area contributed by atoms with Crippen LogP contribution in [0, 0.1) is 17.7 Å². The Morgan fingerprint density at radius 2 is 2.00 bits per heavy atom. The summed E-state index contributed by atoms with van der Waals surface area (Å²) in [5.74, 6) is 5.73. The van der Waals surface area contributed by atoms with E-state index < -0.39 is 5.82 Å². The van der Waals surface area contributed by atoms with Gasteiger partial charge in [0.2, 0.25) is 0 Å². The molecule has 0 radical (unpaired) electrons. The highest BCUT2D eigenvalue weighted by Gasteiger charge is 2.28. The van der Waals surface area contributed by atoms with Gasteiger partial charge in [0, 0.05) is 43.0 Å². The van der Waals surface area contributed by atoms with Gasteiger partial charge in [0.25, 0.3) is 5.91 Å². The van der Waals surface area contributed by atoms with Gasteiger partial charge in [-0.2, -0.15) is 0 Å². The Bertz CT molecular complexity index is 1260. The summed E-state index contributed by atoms with van der Waals surface area (Å²) in [5, 5.41) is 0. The van der Waals surface area contributed by atoms with Crippen molar-refractivity contribution in [3.05, 3.63) is 71.1 Å². The zero-order valence-electron chi connectivity index (χ0n) is 19.5. The van der Waals surface area contributed by atoms with Gasteiger partial charge in [-0.1, -0.05) is 24.8 Å². The summed E-state index contributed by atoms with van der Waals surface area (Å²) in [6.45, 7) is 6.05. The Morgan fingerprint density at radius 3 is 2.68 bits per heavy atom. The highest BCUT2D eigenvalue weighted by Crippen LogP contribution is 2.26. The number of benzene rings is 1. The normalized spacial score (nSPS) is 16.1. The second-order valence-corrected chi connectivity index (χ2v) is 8.42. The van der Waals surface area contributed by atoms with Crippen LogP contribution in [0.15, 0.2) is 42.9 Å². The molecule has 8 heteroatoms. The molecule has 0 unspecified atom stereocenters. The fourth-order valence-corrected chi connectivity index (χ4v) is 4.09. The lowest BCUT2D eigenvalue weighted by atomic mass is 10.0. The Hall–Kier alpha value is -3.83. The summed E-state index contributed by atoms with van der Waals surface area (Å²) < 4.78 is 15.2. The van der Waals surface area contributed by atoms with E-state index in [1.807, 2.05) is 20.9 Å². The fourth-order valence-electron chi connectivity index (χ4n) is 4.09. The maximum atomic E-state index is 15.2. The molecule has 0 aliphatic carbocycles. The number of amides is 1. The van der Waals surface area contributed by atoms with Crippen molar-refractivity contribution in [2.45, 2.75) is 26.3 Å². The highest BCUT2D eigenvalue weighted by atomic mass is 19.1. The van der Waals surface area contributed by atoms with Gasteiger partial charge in [0.15, 0.2) is 0 Å². The lowest BCUT2D eigenvalue weighted by Crippen LogP contribution is -2.52. The quantitative estimate of drug-likeness (QED) is 0.607. The minimum absolute atomic E-state index is 0.0176. The first-order chi connectivity index (χ1) is 16.4. The lowest BCUT2D eigenvalue weighted by molar-refractivity contribution is 0.0529. The SMILES string of the molecule is CCc1ncnc(-c2ccc(C(=O)N3CCN(C)C[C@H]3C)c(F)c2)c1C#Cc1ccc(N)nc1. The molecule has 1 aromatic carbocycles. The number of nitrogens with zero attached hydrogens (tertiary/aromatic N) is 5. The maximum Gasteiger partial charge on any atom is 0.257 e. The number of pyridine rings is 1. The average molecular weight is 459 g/mol. The number of carbonyl (C=O) groups excluding carboxylic acids is 1. The van der Waals surface area contributed by atoms with Crippen molar-refractivity contribution in [2.75, 3.05) is 32.4 Å². The molecule has 1 saturated heterocycles. The second-order valence-electron chi connectivity index (χ2n) is 8.42. The van der Waals surface area contributed by atoms with Crippen LogP contribution in [-0.4, -0.2) is 63.4 Å². The number of aryl methyl sites for hydroxylation is 1. The Balaban J connectivity index is 1.68. The van der Waals surface area contributed by atoms with Gasteiger partial charge in [-0.05, 0) is 44.7 Å². The van der Waals surface area contributed by atoms with Crippen LogP contribution < -0.4 is 5.73 Å². The van der Waals surface area contributed by atoms with E-state index in [4.69, 9.17) is 5.73 Å². The monoisotopic (exact) mass is 458 g/mol. The van der Waals surface area contributed by atoms with Gasteiger partial charge in [0.05, 0.1) is 22.5 Å². The molecule has 1 amide bonds. The first-order valence-electron chi connectivity index (χ1n) is 11.2. The number of hydrogen-bond acceptors (Lipinski definition) is 6. The van der Waals surface area contributed by atoms with Gasteiger partial charge >= 0.3 is 0 Å². The van der Waals surface area contributed by atoms with E-state index in [0.29, 0.717) is 41.2 Å². The van der Waals surface area contributed by atoms with Crippen molar-refractivity contribution < 1.29 is 9.18 Å². The van der Waals surface area contributed by atoms with E-state index in [9.17, 15) is 4.79 Å². The van der Waals surface area contributed by atoms with Crippen LogP contribution >= 0.6 is 0 Å². The smallest absolute Gasteiger partial charge is 0.257 e. The zero-order valence-corrected chi connectivity index (χ0v) is 19.5. The molecule has 174 valence electrons. The summed E-state index contributed by atoms with van der Waals surface area (Å²) in [6.07, 6.45) is 3.68. The molecule has 1 aliphatic heterocycles. The number of rotatable bonds is 3. The fraction of sp³-hybridized carbons (Fsp3) is 0.308. The zero-order chi connectivity index (χ0) is 24.2. The summed E-state index contributed by atoms with van der Waals surface area (Å²) in [6, 6.07) is 8.08. The number of halogens is 1. The minimum atomic E-state index is -0.577. The summed E-state index contributed by atoms with van der Waals surface area (Å²) in [5.41, 5.74) is 8.84. The number of piperazine rings is 1. The molecule has 4 rings (SSSR count). The molecule has 0 spiro atoms. The minimum Gasteiger partial charge on any atom is -0.384 e. The van der Waals surface area contributed by atoms with E-state index >= 15 is 4.39 Å². The summed E-state index contributed by atoms with van der Waals surface area (Å²) in [7, 11) is 2.02. The maximum absolute atomic E-state index is 15.2. The van der Waals surface area contributed by atoms with E-state index in [1.54, 1.807) is 29.3 Å². The number of aromatic nitrogens is 3. The van der Waals surface area contributed by atoms with Crippen molar-refractivity contribution in [1.29, 1.82) is 0 Å². The molecule has 2 aromatic heterocycles. The molecule has 1 fully saturated rings. The van der Waals surface area contributed by atoms with Crippen LogP contribution in [0.4, 0.5) is 10.2 Å². The third kappa shape index (κ3) is 4.90. The van der Waals surface area contributed by atoms with Crippen molar-refractivity contribution in [2.24, 2.45) is 0 Å². The largest absolute Gasteiger partial charge is 0.384 e. The molecular formula is C26H27FN6O. The van der Waals surface area contributed by atoms with Crippen LogP contribution in [-0.2, 0) is 6.42 Å². The topological polar surface area (TPSA) is 88.2 Å². The molecule has 0 bridgehead atoms. The summed E-state index contributed by atoms with van der Waals surface area (Å²) in [4.78, 5) is 29.7. The van der Waals surface area contributed by atoms with Gasteiger partial charge in [-0.15, -0.1) is 0 Å². The third-order valence-corrected chi connectivity index (χ3v) is 5.94. The molecule has 7 nitrogen and oxygen atoms in total. The van der Waals surface area contributed by atoms with Crippen molar-refractivity contribution in [1.82, 2.24) is 24.8 Å². The van der Waals surface area contributed by atoms with E-state index in [0.717, 1.165) is 18.8 Å². The second kappa shape index (κ2) is 9.98. The number of likely N-dealkylation sites (N-methyl/N-ethyl adjacent to an activating group) is 1. The third-order valence-electron chi connectivity index (χ3n) is 5.94. The van der Waals surface area contributed by atoms with Gasteiger partial charge in [-0.25, -0.2) is 19.3 Å². The number of nitrogen functional groups attached to an aromatic ring is 1. The molecule has 34 heavy (non-hydrogen) atoms. The molecule has 2 N–H and O–H groups in total. The molecule has 3 aromatic rings. The standard InChI is InChI=1S/C26H27FN6O/c1-4-23-21(8-5-18-6-10-24(28)29-14-18)25(31-16-30-23)19-7-9-20(22(27)13-19)26(34)33-12-11-32(3)15-17(33)2/h6-7,9-10,13-14,16-17H,4,11-12,15H2,1-3H3,(H2,28,29)/t17-/m1/s1. The van der Waals surface area contributed by atoms with Crippen LogP contribution in [0.1, 0.15) is 41.0 Å². The molecule has 1 aliphatic rings. The average Bonchev–Trinajstić information content (AvgIpc) is 2.83. The number of hydrogen-bond donors (Lipinski definition) is 1. The van der Waals surface area contributed by atoms with E-state index in [2.05, 4.69) is 31.7 Å². The van der Waals surface area contributed by atoms with Gasteiger partial charge < -0.3 is 15.5 Å². The van der Waals surface area contributed by atoms with E-state index in [-0.39, 0.29) is 17.5 Å². The molecule has 0 saturated carbocycles. The number of carbonyl (C=O) groups is 1. The van der Waals surface area contributed by atoms with Crippen molar-refractivity contribution >= 4 is 11.7 Å². The van der Waals surface area contributed by atoms with Gasteiger partial charge in [0.1, 0.15) is 18.0 Å². The molecular weight excluding hydrogens is 431 g/mol. The molecule has 1 atom stereocenters. The van der Waals surface area contributed by atoms with E-state index in [1.165, 1.54) is 18.5 Å². The van der Waals surface area contributed by atoms with Crippen LogP contribution in [0.3, 0.4) is 0 Å². The lowest BCUT2D eigenvalue weighted by Gasteiger charge is -2.38. The summed E-state index contributed by atoms with van der Waals surface area (Å²) >= 11 is 0. The first kappa shape index (κ1) is 23.3. The van der Waals surface area contributed by atoms with Gasteiger partial charge in [-0.3, -0.25) is 4.79 Å².